The number of aryl methyl sites for hydroxylation is 1. The van der Waals surface area contributed by atoms with Crippen LogP contribution in [-0.2, 0) is 11.2 Å². The summed E-state index contributed by atoms with van der Waals surface area (Å²) in [4.78, 5) is 17.4. The molecule has 28 heavy (non-hydrogen) atoms. The highest BCUT2D eigenvalue weighted by molar-refractivity contribution is 5.83. The maximum absolute atomic E-state index is 13.2. The highest BCUT2D eigenvalue weighted by Crippen LogP contribution is 2.39. The highest BCUT2D eigenvalue weighted by atomic mass is 19.1. The molecular weight excluding hydrogens is 355 g/mol. The molecule has 0 bridgehead atoms. The normalized spacial score (nSPS) is 26.7. The van der Waals surface area contributed by atoms with Crippen LogP contribution in [0.4, 0.5) is 10.1 Å². The van der Waals surface area contributed by atoms with Crippen molar-refractivity contribution in [1.29, 1.82) is 0 Å². The van der Waals surface area contributed by atoms with Gasteiger partial charge in [0.2, 0.25) is 5.91 Å². The Morgan fingerprint density at radius 3 is 2.50 bits per heavy atom. The Balaban J connectivity index is 1.24. The molecule has 5 rings (SSSR count). The monoisotopic (exact) mass is 380 g/mol. The van der Waals surface area contributed by atoms with E-state index in [1.807, 2.05) is 4.90 Å². The van der Waals surface area contributed by atoms with Gasteiger partial charge in [-0.1, -0.05) is 24.3 Å². The number of fused-ring (bicyclic) bond motifs is 3. The van der Waals surface area contributed by atoms with E-state index in [0.717, 1.165) is 31.6 Å². The topological polar surface area (TPSA) is 47.6 Å². The average molecular weight is 380 g/mol. The van der Waals surface area contributed by atoms with E-state index < -0.39 is 0 Å². The average Bonchev–Trinajstić information content (AvgIpc) is 3.18. The number of rotatable bonds is 2. The highest BCUT2D eigenvalue weighted by Gasteiger charge is 2.44. The van der Waals surface area contributed by atoms with Crippen LogP contribution in [-0.4, -0.2) is 43.0 Å². The van der Waals surface area contributed by atoms with Gasteiger partial charge in [-0.05, 0) is 48.2 Å². The molecule has 2 aromatic rings. The van der Waals surface area contributed by atoms with Crippen molar-refractivity contribution in [2.24, 2.45) is 5.92 Å². The molecule has 0 saturated carbocycles. The summed E-state index contributed by atoms with van der Waals surface area (Å²) < 4.78 is 13.1. The number of hydrazine groups is 1. The lowest BCUT2D eigenvalue weighted by Gasteiger charge is -2.38. The number of nitrogens with zero attached hydrogens (tertiary/aromatic N) is 2. The number of benzene rings is 2. The standard InChI is InChI=1S/C22H25FN4O/c23-16-6-8-17(9-7-16)26-11-13-27(14-12-26)22(28)21-19-10-5-15-3-1-2-4-18(15)20(19)24-25-21/h1-4,6-9,19-21,24-25H,5,10-14H2. The number of hydrogen-bond donors (Lipinski definition) is 2. The van der Waals surface area contributed by atoms with Crippen LogP contribution in [0.1, 0.15) is 23.6 Å². The van der Waals surface area contributed by atoms with Crippen LogP contribution < -0.4 is 15.8 Å². The molecule has 3 aliphatic rings. The molecule has 3 unspecified atom stereocenters. The minimum absolute atomic E-state index is 0.171. The van der Waals surface area contributed by atoms with Crippen LogP contribution in [0.25, 0.3) is 0 Å². The zero-order valence-electron chi connectivity index (χ0n) is 15.8. The molecule has 6 heteroatoms. The van der Waals surface area contributed by atoms with E-state index in [0.29, 0.717) is 13.1 Å². The van der Waals surface area contributed by atoms with E-state index in [1.54, 1.807) is 12.1 Å². The van der Waals surface area contributed by atoms with Gasteiger partial charge in [0.25, 0.3) is 0 Å². The molecule has 0 aromatic heterocycles. The van der Waals surface area contributed by atoms with E-state index in [2.05, 4.69) is 40.0 Å². The van der Waals surface area contributed by atoms with E-state index in [1.165, 1.54) is 23.3 Å². The molecule has 1 amide bonds. The number of halogens is 1. The first-order chi connectivity index (χ1) is 13.7. The molecular formula is C22H25FN4O. The Kier molecular flexibility index (Phi) is 4.53. The van der Waals surface area contributed by atoms with Gasteiger partial charge in [-0.2, -0.15) is 0 Å². The first kappa shape index (κ1) is 17.6. The van der Waals surface area contributed by atoms with Gasteiger partial charge >= 0.3 is 0 Å². The Bertz CT molecular complexity index is 863. The summed E-state index contributed by atoms with van der Waals surface area (Å²) in [5.41, 5.74) is 10.4. The SMILES string of the molecule is O=C(C1NNC2c3ccccc3CCC12)N1CCN(c2ccc(F)cc2)CC1. The molecule has 5 nitrogen and oxygen atoms in total. The van der Waals surface area contributed by atoms with Gasteiger partial charge in [-0.25, -0.2) is 15.2 Å². The quantitative estimate of drug-likeness (QED) is 0.839. The number of carbonyl (C=O) groups is 1. The van der Waals surface area contributed by atoms with Crippen LogP contribution in [0, 0.1) is 11.7 Å². The van der Waals surface area contributed by atoms with Crippen LogP contribution in [0.3, 0.4) is 0 Å². The van der Waals surface area contributed by atoms with Crippen molar-refractivity contribution in [2.45, 2.75) is 24.9 Å². The van der Waals surface area contributed by atoms with Crippen molar-refractivity contribution >= 4 is 11.6 Å². The summed E-state index contributed by atoms with van der Waals surface area (Å²) in [6.07, 6.45) is 2.05. The van der Waals surface area contributed by atoms with E-state index in [4.69, 9.17) is 0 Å². The zero-order chi connectivity index (χ0) is 19.1. The maximum atomic E-state index is 13.2. The van der Waals surface area contributed by atoms with E-state index in [9.17, 15) is 9.18 Å². The number of anilines is 1. The Labute approximate surface area is 164 Å². The molecule has 1 aliphatic carbocycles. The lowest BCUT2D eigenvalue weighted by molar-refractivity contribution is -0.134. The molecule has 0 radical (unpaired) electrons. The number of carbonyl (C=O) groups excluding carboxylic acids is 1. The van der Waals surface area contributed by atoms with Gasteiger partial charge in [0.15, 0.2) is 0 Å². The fourth-order valence-corrected chi connectivity index (χ4v) is 4.89. The first-order valence-corrected chi connectivity index (χ1v) is 10.1. The number of nitrogens with one attached hydrogen (secondary N) is 2. The second-order valence-electron chi connectivity index (χ2n) is 7.93. The van der Waals surface area contributed by atoms with Crippen molar-refractivity contribution in [3.63, 3.8) is 0 Å². The predicted octanol–water partition coefficient (Wildman–Crippen LogP) is 2.25. The summed E-state index contributed by atoms with van der Waals surface area (Å²) in [5.74, 6) is 0.261. The summed E-state index contributed by atoms with van der Waals surface area (Å²) >= 11 is 0. The molecule has 0 spiro atoms. The molecule has 2 aliphatic heterocycles. The maximum Gasteiger partial charge on any atom is 0.241 e. The summed E-state index contributed by atoms with van der Waals surface area (Å²) in [7, 11) is 0. The Hall–Kier alpha value is -2.44. The zero-order valence-corrected chi connectivity index (χ0v) is 15.8. The fourth-order valence-electron chi connectivity index (χ4n) is 4.89. The van der Waals surface area contributed by atoms with Crippen LogP contribution >= 0.6 is 0 Å². The Morgan fingerprint density at radius 2 is 1.71 bits per heavy atom. The van der Waals surface area contributed by atoms with Gasteiger partial charge in [-0.15, -0.1) is 0 Å². The molecule has 2 N–H and O–H groups in total. The van der Waals surface area contributed by atoms with Gasteiger partial charge < -0.3 is 9.80 Å². The fraction of sp³-hybridized carbons (Fsp3) is 0.409. The van der Waals surface area contributed by atoms with Crippen molar-refractivity contribution in [1.82, 2.24) is 15.8 Å². The number of hydrogen-bond acceptors (Lipinski definition) is 4. The van der Waals surface area contributed by atoms with Crippen molar-refractivity contribution in [3.05, 3.63) is 65.5 Å². The van der Waals surface area contributed by atoms with E-state index >= 15 is 0 Å². The van der Waals surface area contributed by atoms with Gasteiger partial charge in [0.1, 0.15) is 11.9 Å². The second kappa shape index (κ2) is 7.18. The van der Waals surface area contributed by atoms with Gasteiger partial charge in [0.05, 0.1) is 6.04 Å². The third-order valence-electron chi connectivity index (χ3n) is 6.44. The smallest absolute Gasteiger partial charge is 0.241 e. The molecule has 2 aromatic carbocycles. The summed E-state index contributed by atoms with van der Waals surface area (Å²) in [5, 5.41) is 0. The third kappa shape index (κ3) is 3.06. The lowest BCUT2D eigenvalue weighted by Crippen LogP contribution is -2.55. The van der Waals surface area contributed by atoms with Crippen molar-refractivity contribution in [2.75, 3.05) is 31.1 Å². The molecule has 2 heterocycles. The Morgan fingerprint density at radius 1 is 0.964 bits per heavy atom. The summed E-state index contributed by atoms with van der Waals surface area (Å²) in [6.45, 7) is 2.94. The van der Waals surface area contributed by atoms with Gasteiger partial charge in [0, 0.05) is 37.8 Å². The number of piperazine rings is 1. The van der Waals surface area contributed by atoms with Crippen LogP contribution in [0.2, 0.25) is 0 Å². The predicted molar refractivity (Wildman–Crippen MR) is 106 cm³/mol. The minimum Gasteiger partial charge on any atom is -0.368 e. The first-order valence-electron chi connectivity index (χ1n) is 10.1. The molecule has 2 fully saturated rings. The van der Waals surface area contributed by atoms with Crippen LogP contribution in [0.5, 0.6) is 0 Å². The van der Waals surface area contributed by atoms with Crippen LogP contribution in [0.15, 0.2) is 48.5 Å². The lowest BCUT2D eigenvalue weighted by atomic mass is 9.77. The van der Waals surface area contributed by atoms with Gasteiger partial charge in [-0.3, -0.25) is 4.79 Å². The molecule has 146 valence electrons. The third-order valence-corrected chi connectivity index (χ3v) is 6.44. The largest absolute Gasteiger partial charge is 0.368 e. The van der Waals surface area contributed by atoms with Crippen molar-refractivity contribution in [3.8, 4) is 0 Å². The second-order valence-corrected chi connectivity index (χ2v) is 7.93. The number of amides is 1. The summed E-state index contributed by atoms with van der Waals surface area (Å²) in [6, 6.07) is 15.2. The molecule has 2 saturated heterocycles. The minimum atomic E-state index is -0.221. The van der Waals surface area contributed by atoms with Crippen molar-refractivity contribution < 1.29 is 9.18 Å². The molecule has 3 atom stereocenters. The van der Waals surface area contributed by atoms with E-state index in [-0.39, 0.29) is 29.7 Å².